The molecule has 1 atom stereocenters. The Bertz CT molecular complexity index is 927. The van der Waals surface area contributed by atoms with Crippen LogP contribution in [-0.2, 0) is 18.2 Å². The normalized spacial score (nSPS) is 17.1. The van der Waals surface area contributed by atoms with E-state index in [0.29, 0.717) is 12.2 Å². The highest BCUT2D eigenvalue weighted by molar-refractivity contribution is 7.22. The van der Waals surface area contributed by atoms with Gasteiger partial charge in [-0.3, -0.25) is 14.4 Å². The SMILES string of the molecule is CCc1cccc2sc(N(CC3CCCO3)C(=O)c3ccnn3C)nc12. The lowest BCUT2D eigenvalue weighted by Crippen LogP contribution is -2.38. The number of thiazole rings is 1. The Balaban J connectivity index is 1.74. The number of ether oxygens (including phenoxy) is 1. The van der Waals surface area contributed by atoms with Gasteiger partial charge in [0, 0.05) is 19.9 Å². The first-order valence-electron chi connectivity index (χ1n) is 8.97. The van der Waals surface area contributed by atoms with Crippen LogP contribution in [0.1, 0.15) is 35.8 Å². The van der Waals surface area contributed by atoms with Gasteiger partial charge in [0.2, 0.25) is 0 Å². The van der Waals surface area contributed by atoms with Crippen molar-refractivity contribution in [1.82, 2.24) is 14.8 Å². The highest BCUT2D eigenvalue weighted by Gasteiger charge is 2.28. The highest BCUT2D eigenvalue weighted by Crippen LogP contribution is 2.32. The highest BCUT2D eigenvalue weighted by atomic mass is 32.1. The summed E-state index contributed by atoms with van der Waals surface area (Å²) in [6, 6.07) is 7.96. The molecular formula is C19H22N4O2S. The Morgan fingerprint density at radius 1 is 1.42 bits per heavy atom. The van der Waals surface area contributed by atoms with Gasteiger partial charge in [-0.05, 0) is 37.0 Å². The molecule has 1 unspecified atom stereocenters. The number of rotatable bonds is 5. The third kappa shape index (κ3) is 3.12. The molecule has 0 spiro atoms. The molecule has 2 aromatic heterocycles. The Morgan fingerprint density at radius 3 is 3.00 bits per heavy atom. The van der Waals surface area contributed by atoms with E-state index >= 15 is 0 Å². The lowest BCUT2D eigenvalue weighted by atomic mass is 10.1. The van der Waals surface area contributed by atoms with Gasteiger partial charge in [-0.25, -0.2) is 4.98 Å². The van der Waals surface area contributed by atoms with E-state index < -0.39 is 0 Å². The molecular weight excluding hydrogens is 348 g/mol. The Labute approximate surface area is 156 Å². The molecule has 0 saturated carbocycles. The fourth-order valence-electron chi connectivity index (χ4n) is 3.36. The Kier molecular flexibility index (Phi) is 4.74. The van der Waals surface area contributed by atoms with E-state index in [-0.39, 0.29) is 12.0 Å². The number of aryl methyl sites for hydroxylation is 2. The molecule has 1 saturated heterocycles. The number of hydrogen-bond acceptors (Lipinski definition) is 5. The van der Waals surface area contributed by atoms with Crippen LogP contribution in [0, 0.1) is 0 Å². The summed E-state index contributed by atoms with van der Waals surface area (Å²) in [6.07, 6.45) is 4.63. The molecule has 136 valence electrons. The number of benzene rings is 1. The first-order valence-corrected chi connectivity index (χ1v) is 9.79. The van der Waals surface area contributed by atoms with Crippen molar-refractivity contribution in [3.8, 4) is 0 Å². The number of amides is 1. The number of para-hydroxylation sites is 1. The van der Waals surface area contributed by atoms with E-state index in [1.807, 2.05) is 0 Å². The second kappa shape index (κ2) is 7.17. The van der Waals surface area contributed by atoms with Crippen LogP contribution in [0.4, 0.5) is 5.13 Å². The molecule has 0 radical (unpaired) electrons. The molecule has 26 heavy (non-hydrogen) atoms. The largest absolute Gasteiger partial charge is 0.376 e. The summed E-state index contributed by atoms with van der Waals surface area (Å²) in [6.45, 7) is 3.41. The van der Waals surface area contributed by atoms with Crippen LogP contribution in [-0.4, -0.2) is 39.9 Å². The maximum Gasteiger partial charge on any atom is 0.278 e. The van der Waals surface area contributed by atoms with Crippen LogP contribution in [0.25, 0.3) is 10.2 Å². The number of hydrogen-bond donors (Lipinski definition) is 0. The van der Waals surface area contributed by atoms with E-state index in [2.05, 4.69) is 30.2 Å². The molecule has 1 fully saturated rings. The summed E-state index contributed by atoms with van der Waals surface area (Å²) in [4.78, 5) is 19.8. The predicted molar refractivity (Wildman–Crippen MR) is 103 cm³/mol. The number of carbonyl (C=O) groups excluding carboxylic acids is 1. The topological polar surface area (TPSA) is 60.2 Å². The zero-order valence-electron chi connectivity index (χ0n) is 15.0. The van der Waals surface area contributed by atoms with E-state index in [1.54, 1.807) is 40.2 Å². The third-order valence-corrected chi connectivity index (χ3v) is 5.84. The maximum atomic E-state index is 13.2. The number of aromatic nitrogens is 3. The molecule has 0 N–H and O–H groups in total. The van der Waals surface area contributed by atoms with Gasteiger partial charge in [0.25, 0.3) is 5.91 Å². The quantitative estimate of drug-likeness (QED) is 0.690. The van der Waals surface area contributed by atoms with Crippen LogP contribution in [0.2, 0.25) is 0 Å². The predicted octanol–water partition coefficient (Wildman–Crippen LogP) is 3.42. The Morgan fingerprint density at radius 2 is 2.31 bits per heavy atom. The monoisotopic (exact) mass is 370 g/mol. The summed E-state index contributed by atoms with van der Waals surface area (Å²) < 4.78 is 8.49. The number of anilines is 1. The molecule has 1 aliphatic rings. The minimum atomic E-state index is -0.0856. The Hall–Kier alpha value is -2.25. The zero-order valence-corrected chi connectivity index (χ0v) is 15.8. The molecule has 0 aliphatic carbocycles. The summed E-state index contributed by atoms with van der Waals surface area (Å²) in [5.74, 6) is -0.0856. The maximum absolute atomic E-state index is 13.2. The molecule has 3 aromatic rings. The molecule has 3 heterocycles. The zero-order chi connectivity index (χ0) is 18.1. The molecule has 7 heteroatoms. The van der Waals surface area contributed by atoms with Crippen molar-refractivity contribution in [3.63, 3.8) is 0 Å². The second-order valence-corrected chi connectivity index (χ2v) is 7.51. The van der Waals surface area contributed by atoms with Crippen LogP contribution in [0.5, 0.6) is 0 Å². The van der Waals surface area contributed by atoms with Crippen molar-refractivity contribution in [1.29, 1.82) is 0 Å². The third-order valence-electron chi connectivity index (χ3n) is 4.80. The molecule has 1 aromatic carbocycles. The van der Waals surface area contributed by atoms with Gasteiger partial charge in [-0.2, -0.15) is 5.10 Å². The molecule has 1 amide bonds. The molecule has 4 rings (SSSR count). The van der Waals surface area contributed by atoms with Gasteiger partial charge < -0.3 is 4.74 Å². The molecule has 0 bridgehead atoms. The van der Waals surface area contributed by atoms with Gasteiger partial charge in [-0.1, -0.05) is 30.4 Å². The fraction of sp³-hybridized carbons (Fsp3) is 0.421. The van der Waals surface area contributed by atoms with Crippen molar-refractivity contribution in [2.75, 3.05) is 18.1 Å². The van der Waals surface area contributed by atoms with E-state index in [9.17, 15) is 4.79 Å². The van der Waals surface area contributed by atoms with E-state index in [1.165, 1.54) is 5.56 Å². The van der Waals surface area contributed by atoms with Crippen molar-refractivity contribution in [3.05, 3.63) is 41.7 Å². The molecule has 6 nitrogen and oxygen atoms in total. The average molecular weight is 370 g/mol. The van der Waals surface area contributed by atoms with Crippen LogP contribution >= 0.6 is 11.3 Å². The number of nitrogens with zero attached hydrogens (tertiary/aromatic N) is 4. The average Bonchev–Trinajstić information content (AvgIpc) is 3.38. The van der Waals surface area contributed by atoms with Crippen molar-refractivity contribution in [2.45, 2.75) is 32.3 Å². The van der Waals surface area contributed by atoms with E-state index in [0.717, 1.165) is 41.2 Å². The van der Waals surface area contributed by atoms with Gasteiger partial charge in [0.05, 0.1) is 22.9 Å². The lowest BCUT2D eigenvalue weighted by molar-refractivity contribution is 0.0909. The second-order valence-electron chi connectivity index (χ2n) is 6.50. The van der Waals surface area contributed by atoms with Gasteiger partial charge in [0.15, 0.2) is 5.13 Å². The number of fused-ring (bicyclic) bond motifs is 1. The van der Waals surface area contributed by atoms with Crippen LogP contribution in [0.3, 0.4) is 0 Å². The van der Waals surface area contributed by atoms with Crippen molar-refractivity contribution < 1.29 is 9.53 Å². The minimum Gasteiger partial charge on any atom is -0.376 e. The standard InChI is InChI=1S/C19H22N4O2S/c1-3-13-6-4-8-16-17(13)21-19(26-16)23(12-14-7-5-11-25-14)18(24)15-9-10-20-22(15)2/h4,6,8-10,14H,3,5,7,11-12H2,1-2H3. The van der Waals surface area contributed by atoms with Crippen LogP contribution in [0.15, 0.2) is 30.5 Å². The lowest BCUT2D eigenvalue weighted by Gasteiger charge is -2.23. The van der Waals surface area contributed by atoms with Crippen LogP contribution < -0.4 is 4.90 Å². The summed E-state index contributed by atoms with van der Waals surface area (Å²) in [5, 5.41) is 4.86. The van der Waals surface area contributed by atoms with Crippen molar-refractivity contribution in [2.24, 2.45) is 7.05 Å². The van der Waals surface area contributed by atoms with E-state index in [4.69, 9.17) is 9.72 Å². The van der Waals surface area contributed by atoms with Crippen molar-refractivity contribution >= 4 is 32.6 Å². The fourth-order valence-corrected chi connectivity index (χ4v) is 4.38. The molecule has 1 aliphatic heterocycles. The first-order chi connectivity index (χ1) is 12.7. The first kappa shape index (κ1) is 17.2. The van der Waals surface area contributed by atoms with Gasteiger partial charge in [0.1, 0.15) is 5.69 Å². The van der Waals surface area contributed by atoms with Gasteiger partial charge in [-0.15, -0.1) is 0 Å². The summed E-state index contributed by atoms with van der Waals surface area (Å²) in [5.41, 5.74) is 2.75. The summed E-state index contributed by atoms with van der Waals surface area (Å²) >= 11 is 1.56. The number of carbonyl (C=O) groups is 1. The van der Waals surface area contributed by atoms with Gasteiger partial charge >= 0.3 is 0 Å². The smallest absolute Gasteiger partial charge is 0.278 e. The minimum absolute atomic E-state index is 0.0600. The summed E-state index contributed by atoms with van der Waals surface area (Å²) in [7, 11) is 1.78.